The van der Waals surface area contributed by atoms with Crippen molar-refractivity contribution in [2.75, 3.05) is 26.2 Å². The monoisotopic (exact) mass is 294 g/mol. The van der Waals surface area contributed by atoms with Gasteiger partial charge in [0.1, 0.15) is 0 Å². The molecule has 0 aromatic rings. The average molecular weight is 295 g/mol. The Labute approximate surface area is 133 Å². The zero-order valence-corrected chi connectivity index (χ0v) is 15.3. The molecule has 0 aliphatic carbocycles. The summed E-state index contributed by atoms with van der Waals surface area (Å²) in [4.78, 5) is 5.36. The Morgan fingerprint density at radius 1 is 0.810 bits per heavy atom. The van der Waals surface area contributed by atoms with Crippen molar-refractivity contribution in [3.05, 3.63) is 0 Å². The third-order valence-corrected chi connectivity index (χ3v) is 6.34. The van der Waals surface area contributed by atoms with E-state index < -0.39 is 0 Å². The molecule has 2 rings (SSSR count). The highest BCUT2D eigenvalue weighted by atomic mass is 15.2. The molecule has 2 heteroatoms. The van der Waals surface area contributed by atoms with Crippen molar-refractivity contribution in [3.8, 4) is 0 Å². The summed E-state index contributed by atoms with van der Waals surface area (Å²) < 4.78 is 0. The number of hydrogen-bond donors (Lipinski definition) is 0. The maximum absolute atomic E-state index is 2.70. The van der Waals surface area contributed by atoms with Crippen LogP contribution in [0, 0.1) is 23.7 Å². The Balaban J connectivity index is 1.64. The van der Waals surface area contributed by atoms with E-state index in [-0.39, 0.29) is 0 Å². The van der Waals surface area contributed by atoms with Crippen molar-refractivity contribution in [2.24, 2.45) is 23.7 Å². The van der Waals surface area contributed by atoms with Gasteiger partial charge in [0, 0.05) is 31.7 Å². The molecule has 2 fully saturated rings. The predicted octanol–water partition coefficient (Wildman–Crippen LogP) is 4.11. The number of hydrogen-bond acceptors (Lipinski definition) is 2. The quantitative estimate of drug-likeness (QED) is 0.697. The van der Waals surface area contributed by atoms with Crippen molar-refractivity contribution >= 4 is 0 Å². The minimum atomic E-state index is 0.732. The van der Waals surface area contributed by atoms with Crippen LogP contribution in [0.2, 0.25) is 0 Å². The van der Waals surface area contributed by atoms with Gasteiger partial charge in [0.15, 0.2) is 0 Å². The van der Waals surface area contributed by atoms with Gasteiger partial charge in [-0.2, -0.15) is 0 Å². The lowest BCUT2D eigenvalue weighted by atomic mass is 9.85. The molecule has 0 aromatic carbocycles. The first-order valence-corrected chi connectivity index (χ1v) is 9.36. The van der Waals surface area contributed by atoms with E-state index in [2.05, 4.69) is 51.3 Å². The Morgan fingerprint density at radius 2 is 1.43 bits per heavy atom. The van der Waals surface area contributed by atoms with Gasteiger partial charge in [0.25, 0.3) is 0 Å². The minimum absolute atomic E-state index is 0.732. The highest BCUT2D eigenvalue weighted by molar-refractivity contribution is 4.86. The summed E-state index contributed by atoms with van der Waals surface area (Å²) in [5.74, 6) is 3.67. The molecule has 3 atom stereocenters. The summed E-state index contributed by atoms with van der Waals surface area (Å²) in [7, 11) is 0. The van der Waals surface area contributed by atoms with Gasteiger partial charge in [-0.05, 0) is 70.3 Å². The lowest BCUT2D eigenvalue weighted by molar-refractivity contribution is 0.0283. The second-order valence-corrected chi connectivity index (χ2v) is 8.50. The van der Waals surface area contributed by atoms with E-state index in [1.54, 1.807) is 0 Å². The smallest absolute Gasteiger partial charge is 0.00672 e. The molecule has 2 heterocycles. The van der Waals surface area contributed by atoms with E-state index in [1.165, 1.54) is 45.4 Å². The fourth-order valence-electron chi connectivity index (χ4n) is 4.00. The largest absolute Gasteiger partial charge is 0.301 e. The van der Waals surface area contributed by atoms with Crippen molar-refractivity contribution < 1.29 is 0 Å². The van der Waals surface area contributed by atoms with E-state index in [1.807, 2.05) is 0 Å². The Kier molecular flexibility index (Phi) is 6.14. The summed E-state index contributed by atoms with van der Waals surface area (Å²) in [5, 5.41) is 0. The lowest BCUT2D eigenvalue weighted by Crippen LogP contribution is -2.52. The van der Waals surface area contributed by atoms with Crippen LogP contribution in [-0.2, 0) is 0 Å². The van der Waals surface area contributed by atoms with Gasteiger partial charge >= 0.3 is 0 Å². The summed E-state index contributed by atoms with van der Waals surface area (Å²) in [6.45, 7) is 19.7. The normalized spacial score (nSPS) is 28.3. The van der Waals surface area contributed by atoms with Crippen molar-refractivity contribution in [3.63, 3.8) is 0 Å². The van der Waals surface area contributed by atoms with E-state index >= 15 is 0 Å². The van der Waals surface area contributed by atoms with Crippen molar-refractivity contribution in [1.29, 1.82) is 0 Å². The number of likely N-dealkylation sites (tertiary alicyclic amines) is 2. The van der Waals surface area contributed by atoms with Gasteiger partial charge in [-0.1, -0.05) is 20.8 Å². The topological polar surface area (TPSA) is 6.48 Å². The van der Waals surface area contributed by atoms with Gasteiger partial charge in [-0.3, -0.25) is 4.90 Å². The summed E-state index contributed by atoms with van der Waals surface area (Å²) in [6, 6.07) is 1.53. The zero-order valence-electron chi connectivity index (χ0n) is 15.3. The molecule has 0 aromatic heterocycles. The standard InChI is InChI=1S/C19H38N2/c1-14(2)19-12-21(13-19)17(6)8-7-16(5)18-9-10-20(11-18)15(3)4/h14-19H,7-13H2,1-6H3. The van der Waals surface area contributed by atoms with Crippen LogP contribution in [0.25, 0.3) is 0 Å². The van der Waals surface area contributed by atoms with Crippen LogP contribution < -0.4 is 0 Å². The van der Waals surface area contributed by atoms with E-state index in [0.29, 0.717) is 0 Å². The number of nitrogens with zero attached hydrogens (tertiary/aromatic N) is 2. The molecule has 124 valence electrons. The summed E-state index contributed by atoms with van der Waals surface area (Å²) in [6.07, 6.45) is 4.23. The van der Waals surface area contributed by atoms with Crippen LogP contribution in [0.5, 0.6) is 0 Å². The molecule has 2 aliphatic rings. The summed E-state index contributed by atoms with van der Waals surface area (Å²) >= 11 is 0. The molecule has 21 heavy (non-hydrogen) atoms. The maximum atomic E-state index is 2.70. The van der Waals surface area contributed by atoms with Crippen LogP contribution in [-0.4, -0.2) is 48.1 Å². The molecule has 2 saturated heterocycles. The maximum Gasteiger partial charge on any atom is 0.00672 e. The van der Waals surface area contributed by atoms with Gasteiger partial charge in [0.2, 0.25) is 0 Å². The Morgan fingerprint density at radius 3 is 1.95 bits per heavy atom. The molecule has 0 radical (unpaired) electrons. The first kappa shape index (κ1) is 17.3. The molecule has 0 amide bonds. The van der Waals surface area contributed by atoms with Crippen LogP contribution in [0.3, 0.4) is 0 Å². The zero-order chi connectivity index (χ0) is 15.6. The fraction of sp³-hybridized carbons (Fsp3) is 1.00. The minimum Gasteiger partial charge on any atom is -0.301 e. The Hall–Kier alpha value is -0.0800. The second-order valence-electron chi connectivity index (χ2n) is 8.50. The molecular weight excluding hydrogens is 256 g/mol. The average Bonchev–Trinajstić information content (AvgIpc) is 2.83. The van der Waals surface area contributed by atoms with Gasteiger partial charge < -0.3 is 4.90 Å². The van der Waals surface area contributed by atoms with Gasteiger partial charge in [-0.15, -0.1) is 0 Å². The first-order chi connectivity index (χ1) is 9.88. The SMILES string of the molecule is CC(C)C1CN(C(C)CCC(C)C2CCN(C(C)C)C2)C1. The van der Waals surface area contributed by atoms with E-state index in [0.717, 1.165) is 35.8 Å². The predicted molar refractivity (Wildman–Crippen MR) is 92.6 cm³/mol. The van der Waals surface area contributed by atoms with Crippen molar-refractivity contribution in [1.82, 2.24) is 9.80 Å². The van der Waals surface area contributed by atoms with Crippen LogP contribution in [0.4, 0.5) is 0 Å². The van der Waals surface area contributed by atoms with E-state index in [4.69, 9.17) is 0 Å². The third-order valence-electron chi connectivity index (χ3n) is 6.34. The molecular formula is C19H38N2. The van der Waals surface area contributed by atoms with Gasteiger partial charge in [0.05, 0.1) is 0 Å². The van der Waals surface area contributed by atoms with Gasteiger partial charge in [-0.25, -0.2) is 0 Å². The van der Waals surface area contributed by atoms with Crippen LogP contribution >= 0.6 is 0 Å². The molecule has 0 bridgehead atoms. The Bertz CT molecular complexity index is 307. The van der Waals surface area contributed by atoms with E-state index in [9.17, 15) is 0 Å². The fourth-order valence-corrected chi connectivity index (χ4v) is 4.00. The van der Waals surface area contributed by atoms with Crippen LogP contribution in [0.15, 0.2) is 0 Å². The lowest BCUT2D eigenvalue weighted by Gasteiger charge is -2.45. The molecule has 0 N–H and O–H groups in total. The third kappa shape index (κ3) is 4.45. The van der Waals surface area contributed by atoms with Crippen molar-refractivity contribution in [2.45, 2.75) is 72.9 Å². The molecule has 2 aliphatic heterocycles. The number of rotatable bonds is 7. The first-order valence-electron chi connectivity index (χ1n) is 9.36. The van der Waals surface area contributed by atoms with Crippen LogP contribution in [0.1, 0.15) is 60.8 Å². The second kappa shape index (κ2) is 7.46. The molecule has 0 saturated carbocycles. The summed E-state index contributed by atoms with van der Waals surface area (Å²) in [5.41, 5.74) is 0. The molecule has 2 nitrogen and oxygen atoms in total. The highest BCUT2D eigenvalue weighted by Gasteiger charge is 2.33. The highest BCUT2D eigenvalue weighted by Crippen LogP contribution is 2.31. The molecule has 0 spiro atoms. The molecule has 3 unspecified atom stereocenters.